The third-order valence-corrected chi connectivity index (χ3v) is 3.93. The van der Waals surface area contributed by atoms with E-state index in [-0.39, 0.29) is 12.3 Å². The second-order valence-corrected chi connectivity index (χ2v) is 5.42. The fourth-order valence-corrected chi connectivity index (χ4v) is 2.91. The summed E-state index contributed by atoms with van der Waals surface area (Å²) in [5.41, 5.74) is 2.64. The quantitative estimate of drug-likeness (QED) is 0.914. The predicted octanol–water partition coefficient (Wildman–Crippen LogP) is 2.95. The lowest BCUT2D eigenvalue weighted by molar-refractivity contribution is -0.137. The number of nitrogens with zero attached hydrogens (tertiary/aromatic N) is 2. The number of aryl methyl sites for hydroxylation is 2. The van der Waals surface area contributed by atoms with Crippen molar-refractivity contribution in [2.24, 2.45) is 0 Å². The first kappa shape index (κ1) is 13.8. The van der Waals surface area contributed by atoms with Crippen LogP contribution in [0.4, 0.5) is 0 Å². The highest BCUT2D eigenvalue weighted by Crippen LogP contribution is 2.35. The minimum absolute atomic E-state index is 0.129. The Bertz CT molecular complexity index is 636. The summed E-state index contributed by atoms with van der Waals surface area (Å²) in [6.07, 6.45) is 4.42. The summed E-state index contributed by atoms with van der Waals surface area (Å²) >= 11 is 0. The number of hydrogen-bond donors (Lipinski definition) is 1. The van der Waals surface area contributed by atoms with E-state index in [2.05, 4.69) is 28.4 Å². The van der Waals surface area contributed by atoms with Crippen LogP contribution >= 0.6 is 0 Å². The topological polar surface area (TPSA) is 76.2 Å². The third kappa shape index (κ3) is 3.12. The van der Waals surface area contributed by atoms with E-state index in [1.165, 1.54) is 11.1 Å². The summed E-state index contributed by atoms with van der Waals surface area (Å²) < 4.78 is 5.75. The van der Waals surface area contributed by atoms with Crippen LogP contribution in [0.1, 0.15) is 54.5 Å². The molecule has 0 aliphatic heterocycles. The second-order valence-electron chi connectivity index (χ2n) is 5.42. The standard InChI is InChI=1S/C16H18N2O3/c19-15(20)10-4-9-14-17-18-16(21-14)13-8-3-6-11-5-1-2-7-12(11)13/h1-2,5,7,13H,3-4,6,8-10H2,(H,19,20). The average molecular weight is 286 g/mol. The van der Waals surface area contributed by atoms with E-state index in [0.29, 0.717) is 24.6 Å². The van der Waals surface area contributed by atoms with Gasteiger partial charge < -0.3 is 9.52 Å². The van der Waals surface area contributed by atoms with Crippen LogP contribution in [-0.2, 0) is 17.6 Å². The minimum atomic E-state index is -0.795. The van der Waals surface area contributed by atoms with Crippen LogP contribution in [0, 0.1) is 0 Å². The molecule has 1 atom stereocenters. The van der Waals surface area contributed by atoms with Crippen molar-refractivity contribution in [2.75, 3.05) is 0 Å². The smallest absolute Gasteiger partial charge is 0.303 e. The van der Waals surface area contributed by atoms with Crippen molar-refractivity contribution < 1.29 is 14.3 Å². The van der Waals surface area contributed by atoms with Gasteiger partial charge in [-0.05, 0) is 36.8 Å². The van der Waals surface area contributed by atoms with Crippen LogP contribution < -0.4 is 0 Å². The molecule has 1 heterocycles. The Balaban J connectivity index is 1.73. The van der Waals surface area contributed by atoms with Crippen LogP contribution in [0.25, 0.3) is 0 Å². The summed E-state index contributed by atoms with van der Waals surface area (Å²) in [6, 6.07) is 8.40. The molecule has 1 aliphatic carbocycles. The van der Waals surface area contributed by atoms with Crippen molar-refractivity contribution >= 4 is 5.97 Å². The van der Waals surface area contributed by atoms with E-state index in [4.69, 9.17) is 9.52 Å². The van der Waals surface area contributed by atoms with Crippen molar-refractivity contribution in [1.29, 1.82) is 0 Å². The van der Waals surface area contributed by atoms with Gasteiger partial charge in [-0.25, -0.2) is 0 Å². The molecule has 1 N–H and O–H groups in total. The fourth-order valence-electron chi connectivity index (χ4n) is 2.91. The summed E-state index contributed by atoms with van der Waals surface area (Å²) in [6.45, 7) is 0. The molecule has 0 fully saturated rings. The lowest BCUT2D eigenvalue weighted by Crippen LogP contribution is -2.11. The number of carbonyl (C=O) groups is 1. The number of hydrogen-bond acceptors (Lipinski definition) is 4. The summed E-state index contributed by atoms with van der Waals surface area (Å²) in [7, 11) is 0. The van der Waals surface area contributed by atoms with Crippen LogP contribution in [0.2, 0.25) is 0 Å². The van der Waals surface area contributed by atoms with Crippen molar-refractivity contribution in [1.82, 2.24) is 10.2 Å². The number of fused-ring (bicyclic) bond motifs is 1. The number of carboxylic acids is 1. The van der Waals surface area contributed by atoms with Gasteiger partial charge in [0, 0.05) is 12.8 Å². The molecule has 0 amide bonds. The lowest BCUT2D eigenvalue weighted by atomic mass is 9.83. The predicted molar refractivity (Wildman–Crippen MR) is 76.1 cm³/mol. The average Bonchev–Trinajstić information content (AvgIpc) is 2.95. The molecule has 0 bridgehead atoms. The molecule has 5 heteroatoms. The molecular formula is C16H18N2O3. The molecule has 1 aromatic heterocycles. The lowest BCUT2D eigenvalue weighted by Gasteiger charge is -2.22. The maximum absolute atomic E-state index is 10.5. The van der Waals surface area contributed by atoms with Crippen LogP contribution in [0.5, 0.6) is 0 Å². The van der Waals surface area contributed by atoms with Gasteiger partial charge in [0.1, 0.15) is 0 Å². The van der Waals surface area contributed by atoms with Gasteiger partial charge in [-0.2, -0.15) is 0 Å². The van der Waals surface area contributed by atoms with Crippen molar-refractivity contribution in [2.45, 2.75) is 44.4 Å². The number of rotatable bonds is 5. The van der Waals surface area contributed by atoms with E-state index in [0.717, 1.165) is 19.3 Å². The Kier molecular flexibility index (Phi) is 3.99. The van der Waals surface area contributed by atoms with E-state index in [1.54, 1.807) is 0 Å². The highest BCUT2D eigenvalue weighted by Gasteiger charge is 2.26. The molecule has 1 aromatic carbocycles. The molecule has 1 unspecified atom stereocenters. The number of benzene rings is 1. The van der Waals surface area contributed by atoms with Gasteiger partial charge in [-0.3, -0.25) is 4.79 Å². The monoisotopic (exact) mass is 286 g/mol. The molecular weight excluding hydrogens is 268 g/mol. The van der Waals surface area contributed by atoms with Gasteiger partial charge in [0.05, 0.1) is 5.92 Å². The highest BCUT2D eigenvalue weighted by molar-refractivity contribution is 5.66. The fraction of sp³-hybridized carbons (Fsp3) is 0.438. The number of aliphatic carboxylic acids is 1. The Morgan fingerprint density at radius 1 is 1.33 bits per heavy atom. The minimum Gasteiger partial charge on any atom is -0.481 e. The zero-order valence-corrected chi connectivity index (χ0v) is 11.8. The van der Waals surface area contributed by atoms with Gasteiger partial charge in [-0.15, -0.1) is 10.2 Å². The largest absolute Gasteiger partial charge is 0.481 e. The third-order valence-electron chi connectivity index (χ3n) is 3.93. The molecule has 0 spiro atoms. The van der Waals surface area contributed by atoms with Crippen molar-refractivity contribution in [3.8, 4) is 0 Å². The van der Waals surface area contributed by atoms with Gasteiger partial charge in [0.15, 0.2) is 0 Å². The van der Waals surface area contributed by atoms with E-state index in [1.807, 2.05) is 6.07 Å². The molecule has 21 heavy (non-hydrogen) atoms. The zero-order chi connectivity index (χ0) is 14.7. The van der Waals surface area contributed by atoms with Crippen LogP contribution in [0.3, 0.4) is 0 Å². The number of carboxylic acid groups (broad SMARTS) is 1. The Labute approximate surface area is 123 Å². The van der Waals surface area contributed by atoms with Crippen molar-refractivity contribution in [3.05, 3.63) is 47.2 Å². The maximum atomic E-state index is 10.5. The number of aromatic nitrogens is 2. The summed E-state index contributed by atoms with van der Waals surface area (Å²) in [5.74, 6) is 0.577. The van der Waals surface area contributed by atoms with Gasteiger partial charge in [0.2, 0.25) is 11.8 Å². The van der Waals surface area contributed by atoms with E-state index < -0.39 is 5.97 Å². The van der Waals surface area contributed by atoms with E-state index >= 15 is 0 Å². The molecule has 0 saturated carbocycles. The highest BCUT2D eigenvalue weighted by atomic mass is 16.4. The normalized spacial score (nSPS) is 17.4. The second kappa shape index (κ2) is 6.08. The first-order valence-corrected chi connectivity index (χ1v) is 7.36. The molecule has 1 aliphatic rings. The Morgan fingerprint density at radius 3 is 3.05 bits per heavy atom. The Hall–Kier alpha value is -2.17. The van der Waals surface area contributed by atoms with E-state index in [9.17, 15) is 4.79 Å². The summed E-state index contributed by atoms with van der Waals surface area (Å²) in [5, 5.41) is 16.9. The molecule has 0 radical (unpaired) electrons. The van der Waals surface area contributed by atoms with Gasteiger partial charge >= 0.3 is 5.97 Å². The molecule has 5 nitrogen and oxygen atoms in total. The molecule has 110 valence electrons. The van der Waals surface area contributed by atoms with Crippen LogP contribution in [0.15, 0.2) is 28.7 Å². The first-order chi connectivity index (χ1) is 10.2. The van der Waals surface area contributed by atoms with Crippen molar-refractivity contribution in [3.63, 3.8) is 0 Å². The maximum Gasteiger partial charge on any atom is 0.303 e. The van der Waals surface area contributed by atoms with Gasteiger partial charge in [-0.1, -0.05) is 24.3 Å². The Morgan fingerprint density at radius 2 is 2.19 bits per heavy atom. The zero-order valence-electron chi connectivity index (χ0n) is 11.8. The first-order valence-electron chi connectivity index (χ1n) is 7.36. The molecule has 3 rings (SSSR count). The SMILES string of the molecule is O=C(O)CCCc1nnc(C2CCCc3ccccc32)o1. The molecule has 0 saturated heterocycles. The molecule has 2 aromatic rings. The summed E-state index contributed by atoms with van der Waals surface area (Å²) in [4.78, 5) is 10.5. The van der Waals surface area contributed by atoms with Gasteiger partial charge in [0.25, 0.3) is 0 Å². The van der Waals surface area contributed by atoms with Crippen LogP contribution in [-0.4, -0.2) is 21.3 Å².